The number of pyridine rings is 1. The van der Waals surface area contributed by atoms with Crippen LogP contribution in [-0.4, -0.2) is 76.6 Å². The van der Waals surface area contributed by atoms with Crippen LogP contribution in [0, 0.1) is 6.92 Å². The Hall–Kier alpha value is -2.81. The Bertz CT molecular complexity index is 1390. The van der Waals surface area contributed by atoms with Crippen LogP contribution in [0.25, 0.3) is 0 Å². The van der Waals surface area contributed by atoms with Crippen LogP contribution in [-0.2, 0) is 22.6 Å². The lowest BCUT2D eigenvalue weighted by atomic mass is 9.88. The van der Waals surface area contributed by atoms with E-state index in [1.807, 2.05) is 68.4 Å². The zero-order valence-corrected chi connectivity index (χ0v) is 23.7. The quantitative estimate of drug-likeness (QED) is 0.480. The number of rotatable bonds is 7. The minimum atomic E-state index is -1.16. The average molecular weight is 547 g/mol. The lowest BCUT2D eigenvalue weighted by Crippen LogP contribution is -2.49. The van der Waals surface area contributed by atoms with Crippen LogP contribution in [0.3, 0.4) is 0 Å². The Kier molecular flexibility index (Phi) is 6.56. The van der Waals surface area contributed by atoms with Gasteiger partial charge in [-0.25, -0.2) is 0 Å². The molecule has 204 valence electrons. The van der Waals surface area contributed by atoms with Gasteiger partial charge in [0.1, 0.15) is 0 Å². The predicted molar refractivity (Wildman–Crippen MR) is 150 cm³/mol. The molecule has 0 aliphatic carbocycles. The fraction of sp³-hybridized carbons (Fsp3) is 0.419. The normalized spacial score (nSPS) is 26.3. The summed E-state index contributed by atoms with van der Waals surface area (Å²) >= 11 is 6.22. The van der Waals surface area contributed by atoms with Crippen molar-refractivity contribution in [3.05, 3.63) is 99.3 Å². The molecule has 2 fully saturated rings. The van der Waals surface area contributed by atoms with E-state index in [2.05, 4.69) is 21.8 Å². The summed E-state index contributed by atoms with van der Waals surface area (Å²) in [5.41, 5.74) is 2.33. The molecule has 8 heteroatoms. The Labute approximate surface area is 235 Å². The molecule has 2 saturated heterocycles. The maximum atomic E-state index is 14.1. The average Bonchev–Trinajstić information content (AvgIpc) is 3.55. The molecule has 0 spiro atoms. The number of aryl methyl sites for hydroxylation is 1. The number of halogens is 1. The molecule has 1 amide bonds. The second-order valence-electron chi connectivity index (χ2n) is 11.5. The minimum absolute atomic E-state index is 0.163. The van der Waals surface area contributed by atoms with Crippen molar-refractivity contribution in [2.45, 2.75) is 50.2 Å². The van der Waals surface area contributed by atoms with Gasteiger partial charge in [0, 0.05) is 66.7 Å². The molecule has 3 aliphatic heterocycles. The van der Waals surface area contributed by atoms with E-state index in [-0.39, 0.29) is 12.5 Å². The van der Waals surface area contributed by atoms with E-state index >= 15 is 0 Å². The highest BCUT2D eigenvalue weighted by molar-refractivity contribution is 6.30. The number of aromatic nitrogens is 1. The summed E-state index contributed by atoms with van der Waals surface area (Å²) in [7, 11) is 3.79. The number of ether oxygens (including phenoxy) is 1. The summed E-state index contributed by atoms with van der Waals surface area (Å²) in [5.74, 6) is -0.163. The molecule has 1 unspecified atom stereocenters. The van der Waals surface area contributed by atoms with Crippen LogP contribution in [0.2, 0.25) is 5.02 Å². The molecule has 6 rings (SSSR count). The maximum Gasteiger partial charge on any atom is 0.257 e. The lowest BCUT2D eigenvalue weighted by molar-refractivity contribution is -0.0868. The van der Waals surface area contributed by atoms with Crippen LogP contribution in [0.4, 0.5) is 0 Å². The third-order valence-electron chi connectivity index (χ3n) is 8.82. The molecular formula is C31H35ClN4O3. The number of fused-ring (bicyclic) bond motifs is 3. The number of nitrogens with zero attached hydrogens (tertiary/aromatic N) is 4. The standard InChI is InChI=1S/C31H35ClN4O3/c1-20-5-11-24(33-15-20)16-36-29(37)27-13-22(30(2,38)19-35-18-25-14-26(35)17-34(25)3)8-12-28(27)31(36,39-4)21-6-9-23(32)10-7-21/h5-13,15,25-26,38H,14,16-19H2,1-4H3/t25-,26-,30?,31-/m1/s1. The van der Waals surface area contributed by atoms with E-state index < -0.39 is 11.3 Å². The minimum Gasteiger partial charge on any atom is -0.384 e. The molecule has 3 aromatic rings. The van der Waals surface area contributed by atoms with Gasteiger partial charge in [0.05, 0.1) is 17.8 Å². The van der Waals surface area contributed by atoms with E-state index in [1.165, 1.54) is 0 Å². The summed E-state index contributed by atoms with van der Waals surface area (Å²) in [6.07, 6.45) is 2.95. The van der Waals surface area contributed by atoms with Gasteiger partial charge < -0.3 is 14.7 Å². The van der Waals surface area contributed by atoms with Gasteiger partial charge in [-0.05, 0) is 62.7 Å². The van der Waals surface area contributed by atoms with Crippen molar-refractivity contribution >= 4 is 17.5 Å². The SMILES string of the molecule is CO[C@]1(c2ccc(Cl)cc2)c2ccc(C(C)(O)CN3C[C@H]4C[C@@H]3CN4C)cc2C(=O)N1Cc1ccc(C)cn1. The smallest absolute Gasteiger partial charge is 0.257 e. The van der Waals surface area contributed by atoms with Crippen LogP contribution in [0.1, 0.15) is 51.7 Å². The first-order valence-corrected chi connectivity index (χ1v) is 13.9. The van der Waals surface area contributed by atoms with Crippen LogP contribution in [0.15, 0.2) is 60.8 Å². The number of hydrogen-bond acceptors (Lipinski definition) is 6. The van der Waals surface area contributed by atoms with Crippen molar-refractivity contribution in [3.63, 3.8) is 0 Å². The second kappa shape index (κ2) is 9.68. The summed E-state index contributed by atoms with van der Waals surface area (Å²) in [5, 5.41) is 12.3. The summed E-state index contributed by atoms with van der Waals surface area (Å²) in [6, 6.07) is 18.1. The molecule has 0 radical (unpaired) electrons. The Morgan fingerprint density at radius 1 is 1.13 bits per heavy atom. The molecule has 2 bridgehead atoms. The van der Waals surface area contributed by atoms with Crippen molar-refractivity contribution in [1.82, 2.24) is 19.7 Å². The van der Waals surface area contributed by atoms with Crippen molar-refractivity contribution in [2.75, 3.05) is 33.8 Å². The first kappa shape index (κ1) is 26.4. The number of methoxy groups -OCH3 is 1. The van der Waals surface area contributed by atoms with Crippen LogP contribution >= 0.6 is 11.6 Å². The second-order valence-corrected chi connectivity index (χ2v) is 12.0. The Balaban J connectivity index is 1.39. The van der Waals surface area contributed by atoms with E-state index in [1.54, 1.807) is 18.2 Å². The summed E-state index contributed by atoms with van der Waals surface area (Å²) < 4.78 is 6.27. The zero-order valence-electron chi connectivity index (χ0n) is 22.9. The van der Waals surface area contributed by atoms with Gasteiger partial charge in [0.2, 0.25) is 0 Å². The van der Waals surface area contributed by atoms with Crippen molar-refractivity contribution in [2.24, 2.45) is 0 Å². The van der Waals surface area contributed by atoms with Crippen molar-refractivity contribution < 1.29 is 14.6 Å². The zero-order chi connectivity index (χ0) is 27.5. The van der Waals surface area contributed by atoms with Gasteiger partial charge in [-0.3, -0.25) is 19.6 Å². The fourth-order valence-corrected chi connectivity index (χ4v) is 6.80. The summed E-state index contributed by atoms with van der Waals surface area (Å²) in [4.78, 5) is 25.2. The number of carbonyl (C=O) groups is 1. The van der Waals surface area contributed by atoms with Gasteiger partial charge in [0.25, 0.3) is 5.91 Å². The molecule has 4 atom stereocenters. The number of amides is 1. The molecule has 39 heavy (non-hydrogen) atoms. The van der Waals surface area contributed by atoms with Crippen LogP contribution in [0.5, 0.6) is 0 Å². The van der Waals surface area contributed by atoms with Gasteiger partial charge in [-0.2, -0.15) is 0 Å². The number of β-amino-alcohol motifs (C(OH)–C–C–N with tert-alkyl or cyclic N) is 1. The highest BCUT2D eigenvalue weighted by Gasteiger charge is 2.52. The molecule has 2 aromatic carbocycles. The lowest BCUT2D eigenvalue weighted by Gasteiger charge is -2.38. The molecule has 4 heterocycles. The Morgan fingerprint density at radius 2 is 1.90 bits per heavy atom. The third kappa shape index (κ3) is 4.37. The highest BCUT2D eigenvalue weighted by Crippen LogP contribution is 2.47. The van der Waals surface area contributed by atoms with E-state index in [0.717, 1.165) is 47.5 Å². The number of likely N-dealkylation sites (N-methyl/N-ethyl adjacent to an activating group) is 1. The molecular weight excluding hydrogens is 512 g/mol. The van der Waals surface area contributed by atoms with Gasteiger partial charge in [-0.1, -0.05) is 41.9 Å². The highest BCUT2D eigenvalue weighted by atomic mass is 35.5. The van der Waals surface area contributed by atoms with Crippen molar-refractivity contribution in [1.29, 1.82) is 0 Å². The Morgan fingerprint density at radius 3 is 2.51 bits per heavy atom. The summed E-state index contributed by atoms with van der Waals surface area (Å²) in [6.45, 7) is 6.62. The van der Waals surface area contributed by atoms with E-state index in [9.17, 15) is 9.90 Å². The molecule has 7 nitrogen and oxygen atoms in total. The number of carbonyl (C=O) groups excluding carboxylic acids is 1. The topological polar surface area (TPSA) is 69.1 Å². The number of piperazine rings is 1. The molecule has 1 aromatic heterocycles. The number of hydrogen-bond donors (Lipinski definition) is 1. The largest absolute Gasteiger partial charge is 0.384 e. The van der Waals surface area contributed by atoms with Crippen LogP contribution < -0.4 is 0 Å². The number of likely N-dealkylation sites (tertiary alicyclic amines) is 2. The van der Waals surface area contributed by atoms with E-state index in [0.29, 0.717) is 29.2 Å². The monoisotopic (exact) mass is 546 g/mol. The van der Waals surface area contributed by atoms with E-state index in [4.69, 9.17) is 16.3 Å². The maximum absolute atomic E-state index is 14.1. The molecule has 1 N–H and O–H groups in total. The number of aliphatic hydroxyl groups is 1. The van der Waals surface area contributed by atoms with Gasteiger partial charge in [0.15, 0.2) is 5.72 Å². The third-order valence-corrected chi connectivity index (χ3v) is 9.08. The molecule has 3 aliphatic rings. The van der Waals surface area contributed by atoms with Gasteiger partial charge in [-0.15, -0.1) is 0 Å². The predicted octanol–water partition coefficient (Wildman–Crippen LogP) is 4.14. The first-order chi connectivity index (χ1) is 18.6. The first-order valence-electron chi connectivity index (χ1n) is 13.5. The number of benzene rings is 2. The molecule has 0 saturated carbocycles. The van der Waals surface area contributed by atoms with Crippen molar-refractivity contribution in [3.8, 4) is 0 Å². The van der Waals surface area contributed by atoms with Gasteiger partial charge >= 0.3 is 0 Å². The fourth-order valence-electron chi connectivity index (χ4n) is 6.68.